The Morgan fingerprint density at radius 1 is 1.29 bits per heavy atom. The highest BCUT2D eigenvalue weighted by atomic mass is 79.9. The van der Waals surface area contributed by atoms with Crippen molar-refractivity contribution in [3.05, 3.63) is 24.5 Å². The van der Waals surface area contributed by atoms with Gasteiger partial charge in [-0.15, -0.1) is 11.3 Å². The molecule has 3 rings (SSSR count). The Bertz CT molecular complexity index is 648. The molecular formula is C14H14Br3N3S. The van der Waals surface area contributed by atoms with Crippen molar-refractivity contribution < 1.29 is 0 Å². The molecule has 2 aromatic rings. The fraction of sp³-hybridized carbons (Fsp3) is 0.429. The van der Waals surface area contributed by atoms with Crippen molar-refractivity contribution in [3.63, 3.8) is 0 Å². The first-order valence-corrected chi connectivity index (χ1v) is 10.1. The summed E-state index contributed by atoms with van der Waals surface area (Å²) >= 11 is 12.4. The monoisotopic (exact) mass is 493 g/mol. The predicted molar refractivity (Wildman–Crippen MR) is 99.2 cm³/mol. The lowest BCUT2D eigenvalue weighted by atomic mass is 10.2. The van der Waals surface area contributed by atoms with Crippen molar-refractivity contribution in [2.24, 2.45) is 0 Å². The quantitative estimate of drug-likeness (QED) is 0.537. The number of hydrogen-bond acceptors (Lipinski definition) is 4. The Balaban J connectivity index is 2.05. The van der Waals surface area contributed by atoms with E-state index in [1.165, 1.54) is 12.8 Å². The molecule has 0 aliphatic heterocycles. The van der Waals surface area contributed by atoms with E-state index in [2.05, 4.69) is 66.1 Å². The summed E-state index contributed by atoms with van der Waals surface area (Å²) in [6.07, 6.45) is 3.51. The standard InChI is InChI=1S/C14H14Br3N3S/c1-2-5-18-14-10(16)11(7-3-4-7)19-13(20-14)9-6-8(15)12(17)21-9/h6-7H,2-5H2,1H3,(H,18,19,20). The topological polar surface area (TPSA) is 37.8 Å². The number of thiophene rings is 1. The molecule has 1 fully saturated rings. The summed E-state index contributed by atoms with van der Waals surface area (Å²) in [6.45, 7) is 3.06. The highest BCUT2D eigenvalue weighted by Gasteiger charge is 2.29. The molecule has 0 bridgehead atoms. The first-order chi connectivity index (χ1) is 10.1. The van der Waals surface area contributed by atoms with Gasteiger partial charge in [-0.25, -0.2) is 9.97 Å². The van der Waals surface area contributed by atoms with Gasteiger partial charge in [0.25, 0.3) is 0 Å². The second-order valence-electron chi connectivity index (χ2n) is 5.03. The van der Waals surface area contributed by atoms with Crippen LogP contribution >= 0.6 is 59.1 Å². The van der Waals surface area contributed by atoms with Crippen LogP contribution in [0.25, 0.3) is 10.7 Å². The Labute approximate surface area is 153 Å². The van der Waals surface area contributed by atoms with Crippen molar-refractivity contribution in [2.75, 3.05) is 11.9 Å². The molecule has 0 atom stereocenters. The molecule has 112 valence electrons. The van der Waals surface area contributed by atoms with E-state index in [1.54, 1.807) is 11.3 Å². The van der Waals surface area contributed by atoms with Crippen LogP contribution < -0.4 is 5.32 Å². The average Bonchev–Trinajstić information content (AvgIpc) is 3.24. The minimum atomic E-state index is 0.579. The molecule has 0 aromatic carbocycles. The third-order valence-electron chi connectivity index (χ3n) is 3.25. The van der Waals surface area contributed by atoms with E-state index >= 15 is 0 Å². The summed E-state index contributed by atoms with van der Waals surface area (Å²) in [5, 5.41) is 3.40. The van der Waals surface area contributed by atoms with Crippen molar-refractivity contribution >= 4 is 64.9 Å². The van der Waals surface area contributed by atoms with Crippen LogP contribution in [0.15, 0.2) is 18.8 Å². The first-order valence-electron chi connectivity index (χ1n) is 6.86. The van der Waals surface area contributed by atoms with E-state index in [0.29, 0.717) is 5.92 Å². The van der Waals surface area contributed by atoms with Crippen LogP contribution in [0.2, 0.25) is 0 Å². The van der Waals surface area contributed by atoms with Crippen LogP contribution in [0.5, 0.6) is 0 Å². The first kappa shape index (κ1) is 15.9. The van der Waals surface area contributed by atoms with E-state index < -0.39 is 0 Å². The summed E-state index contributed by atoms with van der Waals surface area (Å²) in [7, 11) is 0. The Hall–Kier alpha value is 0.0200. The molecule has 2 heterocycles. The van der Waals surface area contributed by atoms with Crippen molar-refractivity contribution in [1.82, 2.24) is 9.97 Å². The SMILES string of the molecule is CCCNc1nc(-c2cc(Br)c(Br)s2)nc(C2CC2)c1Br. The second-order valence-corrected chi connectivity index (χ2v) is 9.05. The van der Waals surface area contributed by atoms with E-state index in [-0.39, 0.29) is 0 Å². The molecule has 1 N–H and O–H groups in total. The van der Waals surface area contributed by atoms with Crippen molar-refractivity contribution in [3.8, 4) is 10.7 Å². The van der Waals surface area contributed by atoms with Gasteiger partial charge in [0.2, 0.25) is 0 Å². The van der Waals surface area contributed by atoms with E-state index in [1.807, 2.05) is 0 Å². The summed E-state index contributed by atoms with van der Waals surface area (Å²) in [4.78, 5) is 10.6. The van der Waals surface area contributed by atoms with Crippen molar-refractivity contribution in [1.29, 1.82) is 0 Å². The van der Waals surface area contributed by atoms with Gasteiger partial charge in [-0.05, 0) is 73.1 Å². The van der Waals surface area contributed by atoms with E-state index in [9.17, 15) is 0 Å². The van der Waals surface area contributed by atoms with Gasteiger partial charge >= 0.3 is 0 Å². The molecule has 1 saturated carbocycles. The molecule has 3 nitrogen and oxygen atoms in total. The van der Waals surface area contributed by atoms with Gasteiger partial charge in [0.1, 0.15) is 5.82 Å². The van der Waals surface area contributed by atoms with E-state index in [4.69, 9.17) is 9.97 Å². The molecule has 0 spiro atoms. The Kier molecular flexibility index (Phi) is 5.03. The molecule has 0 unspecified atom stereocenters. The zero-order valence-corrected chi connectivity index (χ0v) is 17.0. The summed E-state index contributed by atoms with van der Waals surface area (Å²) in [5.74, 6) is 2.29. The number of anilines is 1. The average molecular weight is 496 g/mol. The Morgan fingerprint density at radius 3 is 2.62 bits per heavy atom. The molecule has 21 heavy (non-hydrogen) atoms. The lowest BCUT2D eigenvalue weighted by molar-refractivity contribution is 0.941. The Morgan fingerprint density at radius 2 is 2.05 bits per heavy atom. The summed E-state index contributed by atoms with van der Waals surface area (Å²) in [5.41, 5.74) is 1.14. The smallest absolute Gasteiger partial charge is 0.172 e. The molecular weight excluding hydrogens is 482 g/mol. The van der Waals surface area contributed by atoms with E-state index in [0.717, 1.165) is 47.9 Å². The number of nitrogens with one attached hydrogen (secondary N) is 1. The predicted octanol–water partition coefficient (Wildman–Crippen LogP) is 6.19. The fourth-order valence-corrected chi connectivity index (χ4v) is 4.63. The minimum absolute atomic E-state index is 0.579. The second kappa shape index (κ2) is 6.64. The maximum Gasteiger partial charge on any atom is 0.172 e. The molecule has 1 aliphatic rings. The fourth-order valence-electron chi connectivity index (χ4n) is 2.02. The maximum atomic E-state index is 4.80. The number of rotatable bonds is 5. The molecule has 0 amide bonds. The number of hydrogen-bond donors (Lipinski definition) is 1. The van der Waals surface area contributed by atoms with Gasteiger partial charge in [0.05, 0.1) is 18.8 Å². The maximum absolute atomic E-state index is 4.80. The van der Waals surface area contributed by atoms with Gasteiger partial charge in [-0.1, -0.05) is 6.92 Å². The highest BCUT2D eigenvalue weighted by Crippen LogP contribution is 2.45. The number of nitrogens with zero attached hydrogens (tertiary/aromatic N) is 2. The number of halogens is 3. The lowest BCUT2D eigenvalue weighted by Crippen LogP contribution is -2.06. The molecule has 1 aliphatic carbocycles. The highest BCUT2D eigenvalue weighted by molar-refractivity contribution is 9.13. The van der Waals surface area contributed by atoms with Gasteiger partial charge < -0.3 is 5.32 Å². The van der Waals surface area contributed by atoms with Gasteiger partial charge in [0.15, 0.2) is 5.82 Å². The summed E-state index contributed by atoms with van der Waals surface area (Å²) < 4.78 is 3.14. The van der Waals surface area contributed by atoms with Crippen LogP contribution in [0, 0.1) is 0 Å². The normalized spacial score (nSPS) is 14.5. The van der Waals surface area contributed by atoms with Crippen LogP contribution in [-0.2, 0) is 0 Å². The largest absolute Gasteiger partial charge is 0.369 e. The zero-order chi connectivity index (χ0) is 15.0. The third kappa shape index (κ3) is 3.51. The van der Waals surface area contributed by atoms with Crippen LogP contribution in [0.4, 0.5) is 5.82 Å². The molecule has 0 radical (unpaired) electrons. The lowest BCUT2D eigenvalue weighted by Gasteiger charge is -2.11. The van der Waals surface area contributed by atoms with Crippen molar-refractivity contribution in [2.45, 2.75) is 32.1 Å². The van der Waals surface area contributed by atoms with Crippen LogP contribution in [0.3, 0.4) is 0 Å². The van der Waals surface area contributed by atoms with Crippen LogP contribution in [-0.4, -0.2) is 16.5 Å². The van der Waals surface area contributed by atoms with Gasteiger partial charge in [-0.2, -0.15) is 0 Å². The summed E-state index contributed by atoms with van der Waals surface area (Å²) in [6, 6.07) is 2.07. The molecule has 7 heteroatoms. The third-order valence-corrected chi connectivity index (χ3v) is 7.28. The van der Waals surface area contributed by atoms with Gasteiger partial charge in [-0.3, -0.25) is 0 Å². The number of aromatic nitrogens is 2. The van der Waals surface area contributed by atoms with Crippen LogP contribution in [0.1, 0.15) is 37.8 Å². The molecule has 2 aromatic heterocycles. The zero-order valence-electron chi connectivity index (χ0n) is 11.4. The van der Waals surface area contributed by atoms with Gasteiger partial charge in [0, 0.05) is 16.9 Å². The minimum Gasteiger partial charge on any atom is -0.369 e. The molecule has 0 saturated heterocycles.